The first-order valence-electron chi connectivity index (χ1n) is 26.2. The number of rotatable bonds is 46. The summed E-state index contributed by atoms with van der Waals surface area (Å²) in [5, 5.41) is 23.8. The quantitative estimate of drug-likeness (QED) is 0.0322. The lowest BCUT2D eigenvalue weighted by Crippen LogP contribution is -2.46. The second kappa shape index (κ2) is 49.3. The van der Waals surface area contributed by atoms with Crippen molar-refractivity contribution < 1.29 is 24.5 Å². The molecule has 0 spiro atoms. The molecule has 3 unspecified atom stereocenters. The summed E-state index contributed by atoms with van der Waals surface area (Å²) in [5.41, 5.74) is 0. The lowest BCUT2D eigenvalue weighted by molar-refractivity contribution is -0.151. The molecule has 0 aromatic carbocycles. The first-order chi connectivity index (χ1) is 30.5. The fourth-order valence-electron chi connectivity index (χ4n) is 7.67. The third-order valence-electron chi connectivity index (χ3n) is 11.6. The van der Waals surface area contributed by atoms with Crippen LogP contribution in [0.1, 0.15) is 245 Å². The molecule has 0 rings (SSSR count). The first kappa shape index (κ1) is 59.3. The summed E-state index contributed by atoms with van der Waals surface area (Å²) in [7, 11) is 0. The van der Waals surface area contributed by atoms with Gasteiger partial charge in [-0.3, -0.25) is 9.59 Å². The average Bonchev–Trinajstić information content (AvgIpc) is 3.26. The van der Waals surface area contributed by atoms with Crippen LogP contribution in [-0.2, 0) is 14.3 Å². The molecule has 0 aliphatic heterocycles. The Hall–Kier alpha value is -2.70. The molecule has 0 heterocycles. The number of carbonyl (C=O) groups is 2. The van der Waals surface area contributed by atoms with Crippen molar-refractivity contribution in [1.82, 2.24) is 5.32 Å². The summed E-state index contributed by atoms with van der Waals surface area (Å²) >= 11 is 0. The lowest BCUT2D eigenvalue weighted by atomic mass is 10.0. The van der Waals surface area contributed by atoms with Gasteiger partial charge in [0, 0.05) is 6.42 Å². The number of allylic oxidation sites excluding steroid dienone is 12. The minimum absolute atomic E-state index is 0.0454. The van der Waals surface area contributed by atoms with Gasteiger partial charge in [0.25, 0.3) is 0 Å². The van der Waals surface area contributed by atoms with Crippen molar-refractivity contribution in [2.24, 2.45) is 0 Å². The largest absolute Gasteiger partial charge is 0.462 e. The maximum Gasteiger partial charge on any atom is 0.306 e. The number of aliphatic hydroxyl groups is 2. The number of ether oxygens (including phenoxy) is 1. The SMILES string of the molecule is CC/C=C/C=C/C=C\C=C/CCCCCC(=O)OC(CCCCCC/C=C/C=C/CCCCC)CC(=O)NC(CO)C(O)CCCCCCCCCCCCCCCCCCC. The van der Waals surface area contributed by atoms with E-state index in [0.29, 0.717) is 19.3 Å². The van der Waals surface area contributed by atoms with Crippen LogP contribution in [0.25, 0.3) is 0 Å². The van der Waals surface area contributed by atoms with Crippen molar-refractivity contribution in [3.63, 3.8) is 0 Å². The van der Waals surface area contributed by atoms with Gasteiger partial charge in [0.2, 0.25) is 5.91 Å². The summed E-state index contributed by atoms with van der Waals surface area (Å²) in [6.07, 6.45) is 62.5. The number of esters is 1. The van der Waals surface area contributed by atoms with Gasteiger partial charge in [0.1, 0.15) is 6.10 Å². The van der Waals surface area contributed by atoms with E-state index in [1.165, 1.54) is 109 Å². The molecule has 62 heavy (non-hydrogen) atoms. The summed E-state index contributed by atoms with van der Waals surface area (Å²) in [6, 6.07) is -0.719. The third kappa shape index (κ3) is 43.9. The van der Waals surface area contributed by atoms with Gasteiger partial charge in [0.15, 0.2) is 0 Å². The van der Waals surface area contributed by atoms with E-state index < -0.39 is 18.2 Å². The molecule has 358 valence electrons. The number of hydrogen-bond donors (Lipinski definition) is 3. The highest BCUT2D eigenvalue weighted by Crippen LogP contribution is 2.18. The Morgan fingerprint density at radius 2 is 0.871 bits per heavy atom. The maximum absolute atomic E-state index is 13.2. The van der Waals surface area contributed by atoms with Crippen molar-refractivity contribution >= 4 is 11.9 Å². The van der Waals surface area contributed by atoms with Gasteiger partial charge in [-0.25, -0.2) is 0 Å². The van der Waals surface area contributed by atoms with E-state index >= 15 is 0 Å². The van der Waals surface area contributed by atoms with E-state index in [-0.39, 0.29) is 24.9 Å². The molecule has 1 amide bonds. The average molecular weight is 866 g/mol. The molecule has 0 aromatic heterocycles. The highest BCUT2D eigenvalue weighted by Gasteiger charge is 2.24. The third-order valence-corrected chi connectivity index (χ3v) is 11.6. The van der Waals surface area contributed by atoms with E-state index in [2.05, 4.69) is 68.6 Å². The standard InChI is InChI=1S/C56H99NO5/c1-4-7-10-13-16-19-22-25-26-27-28-31-33-36-39-42-45-48-54(59)53(51-58)57-55(60)50-52(47-44-41-38-35-32-29-23-20-17-14-11-8-5-2)62-56(61)49-46-43-40-37-34-30-24-21-18-15-12-9-6-3/h9,12,15,17-18,20-21,23-24,29-30,34,52-54,58-59H,4-8,10-11,13-14,16,19,22,25-28,31-33,35-51H2,1-3H3,(H,57,60)/b12-9+,18-15+,20-17+,24-21-,29-23+,34-30-. The van der Waals surface area contributed by atoms with Gasteiger partial charge in [0.05, 0.1) is 25.2 Å². The smallest absolute Gasteiger partial charge is 0.306 e. The van der Waals surface area contributed by atoms with Gasteiger partial charge in [-0.1, -0.05) is 235 Å². The normalized spacial score (nSPS) is 13.8. The lowest BCUT2D eigenvalue weighted by Gasteiger charge is -2.24. The summed E-state index contributed by atoms with van der Waals surface area (Å²) < 4.78 is 5.90. The Morgan fingerprint density at radius 3 is 1.37 bits per heavy atom. The molecule has 6 heteroatoms. The van der Waals surface area contributed by atoms with Gasteiger partial charge in [-0.05, 0) is 70.6 Å². The fraction of sp³-hybridized carbons (Fsp3) is 0.750. The zero-order chi connectivity index (χ0) is 45.2. The molecule has 3 N–H and O–H groups in total. The Bertz CT molecular complexity index is 1150. The Morgan fingerprint density at radius 1 is 0.484 bits per heavy atom. The van der Waals surface area contributed by atoms with E-state index in [1.807, 2.05) is 30.4 Å². The molecule has 6 nitrogen and oxygen atoms in total. The molecule has 3 atom stereocenters. The van der Waals surface area contributed by atoms with Gasteiger partial charge >= 0.3 is 5.97 Å². The topological polar surface area (TPSA) is 95.9 Å². The second-order valence-electron chi connectivity index (χ2n) is 17.7. The molecule has 0 bridgehead atoms. The highest BCUT2D eigenvalue weighted by atomic mass is 16.5. The molecule has 0 fully saturated rings. The second-order valence-corrected chi connectivity index (χ2v) is 17.7. The van der Waals surface area contributed by atoms with E-state index in [0.717, 1.165) is 89.9 Å². The molecule has 0 aromatic rings. The zero-order valence-electron chi connectivity index (χ0n) is 40.7. The van der Waals surface area contributed by atoms with Gasteiger partial charge in [-0.15, -0.1) is 0 Å². The number of amides is 1. The first-order valence-corrected chi connectivity index (χ1v) is 26.2. The molecule has 0 saturated carbocycles. The van der Waals surface area contributed by atoms with Crippen LogP contribution in [0.4, 0.5) is 0 Å². The van der Waals surface area contributed by atoms with Crippen LogP contribution in [-0.4, -0.2) is 46.9 Å². The Labute approximate surface area is 383 Å². The molecule has 0 saturated heterocycles. The van der Waals surface area contributed by atoms with Crippen LogP contribution in [0.5, 0.6) is 0 Å². The fourth-order valence-corrected chi connectivity index (χ4v) is 7.67. The van der Waals surface area contributed by atoms with E-state index in [9.17, 15) is 19.8 Å². The van der Waals surface area contributed by atoms with E-state index in [1.54, 1.807) is 0 Å². The minimum atomic E-state index is -0.803. The molecular formula is C56H99NO5. The number of nitrogens with one attached hydrogen (secondary N) is 1. The van der Waals surface area contributed by atoms with Crippen LogP contribution in [0.2, 0.25) is 0 Å². The number of aliphatic hydroxyl groups excluding tert-OH is 2. The Balaban J connectivity index is 4.60. The van der Waals surface area contributed by atoms with Crippen LogP contribution < -0.4 is 5.32 Å². The Kier molecular flexibility index (Phi) is 47.2. The number of carbonyl (C=O) groups excluding carboxylic acids is 2. The zero-order valence-corrected chi connectivity index (χ0v) is 40.7. The predicted molar refractivity (Wildman–Crippen MR) is 268 cm³/mol. The van der Waals surface area contributed by atoms with Gasteiger partial charge < -0.3 is 20.3 Å². The molecule has 0 aliphatic rings. The van der Waals surface area contributed by atoms with Crippen molar-refractivity contribution in [2.75, 3.05) is 6.61 Å². The van der Waals surface area contributed by atoms with Crippen molar-refractivity contribution in [3.8, 4) is 0 Å². The monoisotopic (exact) mass is 866 g/mol. The molecule has 0 aliphatic carbocycles. The van der Waals surface area contributed by atoms with E-state index in [4.69, 9.17) is 4.74 Å². The molecule has 0 radical (unpaired) electrons. The van der Waals surface area contributed by atoms with Crippen LogP contribution in [0.15, 0.2) is 72.9 Å². The van der Waals surface area contributed by atoms with Crippen molar-refractivity contribution in [2.45, 2.75) is 264 Å². The van der Waals surface area contributed by atoms with Crippen LogP contribution in [0.3, 0.4) is 0 Å². The molecular weight excluding hydrogens is 767 g/mol. The number of hydrogen-bond acceptors (Lipinski definition) is 5. The number of unbranched alkanes of at least 4 members (excludes halogenated alkanes) is 26. The highest BCUT2D eigenvalue weighted by molar-refractivity contribution is 5.77. The maximum atomic E-state index is 13.2. The predicted octanol–water partition coefficient (Wildman–Crippen LogP) is 15.8. The van der Waals surface area contributed by atoms with Crippen LogP contribution >= 0.6 is 0 Å². The summed E-state index contributed by atoms with van der Waals surface area (Å²) in [5.74, 6) is -0.541. The van der Waals surface area contributed by atoms with Crippen molar-refractivity contribution in [3.05, 3.63) is 72.9 Å². The van der Waals surface area contributed by atoms with Gasteiger partial charge in [-0.2, -0.15) is 0 Å². The van der Waals surface area contributed by atoms with Crippen molar-refractivity contribution in [1.29, 1.82) is 0 Å². The summed E-state index contributed by atoms with van der Waals surface area (Å²) in [4.78, 5) is 26.1. The minimum Gasteiger partial charge on any atom is -0.462 e. The summed E-state index contributed by atoms with van der Waals surface area (Å²) in [6.45, 7) is 6.30. The van der Waals surface area contributed by atoms with Crippen LogP contribution in [0, 0.1) is 0 Å².